The SMILES string of the molecule is Fc1ccc(Br)c(OCCC2CCCCN2)c1. The van der Waals surface area contributed by atoms with Gasteiger partial charge in [0.1, 0.15) is 11.6 Å². The minimum absolute atomic E-state index is 0.265. The van der Waals surface area contributed by atoms with Crippen molar-refractivity contribution in [3.05, 3.63) is 28.5 Å². The highest BCUT2D eigenvalue weighted by atomic mass is 79.9. The lowest BCUT2D eigenvalue weighted by Crippen LogP contribution is -2.35. The van der Waals surface area contributed by atoms with E-state index in [9.17, 15) is 4.39 Å². The van der Waals surface area contributed by atoms with E-state index in [0.717, 1.165) is 17.4 Å². The first-order valence-corrected chi connectivity index (χ1v) is 6.86. The van der Waals surface area contributed by atoms with E-state index in [4.69, 9.17) is 4.74 Å². The molecule has 1 atom stereocenters. The van der Waals surface area contributed by atoms with Crippen LogP contribution in [0.25, 0.3) is 0 Å². The Balaban J connectivity index is 1.79. The van der Waals surface area contributed by atoms with Crippen LogP contribution in [0.1, 0.15) is 25.7 Å². The van der Waals surface area contributed by atoms with Crippen molar-refractivity contribution < 1.29 is 9.13 Å². The number of ether oxygens (including phenoxy) is 1. The Bertz CT molecular complexity index is 366. The van der Waals surface area contributed by atoms with E-state index >= 15 is 0 Å². The molecule has 1 N–H and O–H groups in total. The normalized spacial score (nSPS) is 20.2. The first kappa shape index (κ1) is 12.8. The van der Waals surface area contributed by atoms with Gasteiger partial charge in [0.05, 0.1) is 11.1 Å². The van der Waals surface area contributed by atoms with Crippen LogP contribution < -0.4 is 10.1 Å². The van der Waals surface area contributed by atoms with Gasteiger partial charge in [0.2, 0.25) is 0 Å². The molecular formula is C13H17BrFNO. The van der Waals surface area contributed by atoms with Gasteiger partial charge in [0, 0.05) is 12.1 Å². The molecule has 2 nitrogen and oxygen atoms in total. The van der Waals surface area contributed by atoms with Crippen molar-refractivity contribution in [1.29, 1.82) is 0 Å². The third-order valence-corrected chi connectivity index (χ3v) is 3.68. The first-order chi connectivity index (χ1) is 8.25. The standard InChI is InChI=1S/C13H17BrFNO/c14-12-5-4-10(15)9-13(12)17-8-6-11-3-1-2-7-16-11/h4-5,9,11,16H,1-3,6-8H2. The zero-order valence-electron chi connectivity index (χ0n) is 9.72. The lowest BCUT2D eigenvalue weighted by atomic mass is 10.0. The van der Waals surface area contributed by atoms with Crippen LogP contribution in [-0.2, 0) is 0 Å². The zero-order valence-corrected chi connectivity index (χ0v) is 11.3. The molecule has 0 radical (unpaired) electrons. The van der Waals surface area contributed by atoms with Gasteiger partial charge in [-0.05, 0) is 53.9 Å². The quantitative estimate of drug-likeness (QED) is 0.919. The summed E-state index contributed by atoms with van der Waals surface area (Å²) in [7, 11) is 0. The number of benzene rings is 1. The molecule has 1 aliphatic rings. The van der Waals surface area contributed by atoms with Crippen LogP contribution in [0.5, 0.6) is 5.75 Å². The molecule has 0 aliphatic carbocycles. The summed E-state index contributed by atoms with van der Waals surface area (Å²) in [4.78, 5) is 0. The first-order valence-electron chi connectivity index (χ1n) is 6.07. The van der Waals surface area contributed by atoms with Crippen LogP contribution in [0.4, 0.5) is 4.39 Å². The summed E-state index contributed by atoms with van der Waals surface area (Å²) >= 11 is 3.35. The topological polar surface area (TPSA) is 21.3 Å². The minimum atomic E-state index is -0.265. The van der Waals surface area contributed by atoms with Gasteiger partial charge in [-0.2, -0.15) is 0 Å². The predicted octanol–water partition coefficient (Wildman–Crippen LogP) is 3.50. The van der Waals surface area contributed by atoms with Crippen molar-refractivity contribution in [2.75, 3.05) is 13.2 Å². The maximum absolute atomic E-state index is 13.0. The van der Waals surface area contributed by atoms with Crippen LogP contribution in [0.3, 0.4) is 0 Å². The van der Waals surface area contributed by atoms with E-state index in [0.29, 0.717) is 18.4 Å². The Labute approximate surface area is 110 Å². The molecule has 1 fully saturated rings. The van der Waals surface area contributed by atoms with Gasteiger partial charge in [-0.1, -0.05) is 6.42 Å². The highest BCUT2D eigenvalue weighted by Gasteiger charge is 2.12. The van der Waals surface area contributed by atoms with Crippen LogP contribution in [-0.4, -0.2) is 19.2 Å². The summed E-state index contributed by atoms with van der Waals surface area (Å²) in [6.07, 6.45) is 4.75. The second kappa shape index (κ2) is 6.36. The number of hydrogen-bond acceptors (Lipinski definition) is 2. The van der Waals surface area contributed by atoms with Gasteiger partial charge in [0.15, 0.2) is 0 Å². The summed E-state index contributed by atoms with van der Waals surface area (Å²) in [5, 5.41) is 3.47. The number of rotatable bonds is 4. The molecule has 0 amide bonds. The highest BCUT2D eigenvalue weighted by molar-refractivity contribution is 9.10. The van der Waals surface area contributed by atoms with Gasteiger partial charge in [0.25, 0.3) is 0 Å². The van der Waals surface area contributed by atoms with Gasteiger partial charge < -0.3 is 10.1 Å². The molecular weight excluding hydrogens is 285 g/mol. The summed E-state index contributed by atoms with van der Waals surface area (Å²) in [6.45, 7) is 1.73. The van der Waals surface area contributed by atoms with Crippen LogP contribution in [0.15, 0.2) is 22.7 Å². The molecule has 0 bridgehead atoms. The number of halogens is 2. The third-order valence-electron chi connectivity index (χ3n) is 3.03. The smallest absolute Gasteiger partial charge is 0.136 e. The Morgan fingerprint density at radius 3 is 3.06 bits per heavy atom. The molecule has 4 heteroatoms. The largest absolute Gasteiger partial charge is 0.492 e. The van der Waals surface area contributed by atoms with E-state index in [2.05, 4.69) is 21.2 Å². The van der Waals surface area contributed by atoms with Crippen molar-refractivity contribution in [3.63, 3.8) is 0 Å². The van der Waals surface area contributed by atoms with Crippen molar-refractivity contribution >= 4 is 15.9 Å². The van der Waals surface area contributed by atoms with Crippen molar-refractivity contribution in [2.45, 2.75) is 31.7 Å². The lowest BCUT2D eigenvalue weighted by Gasteiger charge is -2.23. The zero-order chi connectivity index (χ0) is 12.1. The van der Waals surface area contributed by atoms with Gasteiger partial charge in [-0.25, -0.2) is 4.39 Å². The summed E-state index contributed by atoms with van der Waals surface area (Å²) < 4.78 is 19.4. The number of hydrogen-bond donors (Lipinski definition) is 1. The van der Waals surface area contributed by atoms with E-state index in [1.54, 1.807) is 6.07 Å². The summed E-state index contributed by atoms with van der Waals surface area (Å²) in [5.41, 5.74) is 0. The number of nitrogens with one attached hydrogen (secondary N) is 1. The lowest BCUT2D eigenvalue weighted by molar-refractivity contribution is 0.266. The molecule has 1 aliphatic heterocycles. The molecule has 0 aromatic heterocycles. The monoisotopic (exact) mass is 301 g/mol. The van der Waals surface area contributed by atoms with E-state index < -0.39 is 0 Å². The second-order valence-corrected chi connectivity index (χ2v) is 5.21. The molecule has 94 valence electrons. The average molecular weight is 302 g/mol. The van der Waals surface area contributed by atoms with Crippen molar-refractivity contribution in [1.82, 2.24) is 5.32 Å². The maximum Gasteiger partial charge on any atom is 0.136 e. The summed E-state index contributed by atoms with van der Waals surface area (Å²) in [5.74, 6) is 0.319. The van der Waals surface area contributed by atoms with Crippen molar-refractivity contribution in [3.8, 4) is 5.75 Å². The van der Waals surface area contributed by atoms with Crippen LogP contribution >= 0.6 is 15.9 Å². The fourth-order valence-corrected chi connectivity index (χ4v) is 2.43. The van der Waals surface area contributed by atoms with Gasteiger partial charge in [-0.3, -0.25) is 0 Å². The fourth-order valence-electron chi connectivity index (χ4n) is 2.07. The van der Waals surface area contributed by atoms with E-state index in [1.807, 2.05) is 0 Å². The highest BCUT2D eigenvalue weighted by Crippen LogP contribution is 2.25. The Morgan fingerprint density at radius 1 is 1.41 bits per heavy atom. The second-order valence-electron chi connectivity index (χ2n) is 4.36. The van der Waals surface area contributed by atoms with E-state index in [-0.39, 0.29) is 5.82 Å². The molecule has 0 saturated carbocycles. The van der Waals surface area contributed by atoms with E-state index in [1.165, 1.54) is 31.4 Å². The number of piperidine rings is 1. The maximum atomic E-state index is 13.0. The van der Waals surface area contributed by atoms with Gasteiger partial charge >= 0.3 is 0 Å². The third kappa shape index (κ3) is 3.96. The predicted molar refractivity (Wildman–Crippen MR) is 69.9 cm³/mol. The molecule has 0 spiro atoms. The average Bonchev–Trinajstić information content (AvgIpc) is 2.35. The van der Waals surface area contributed by atoms with Crippen LogP contribution in [0.2, 0.25) is 0 Å². The van der Waals surface area contributed by atoms with Crippen LogP contribution in [0, 0.1) is 5.82 Å². The molecule has 1 heterocycles. The van der Waals surface area contributed by atoms with Crippen molar-refractivity contribution in [2.24, 2.45) is 0 Å². The molecule has 2 rings (SSSR count). The molecule has 1 aromatic rings. The molecule has 1 aromatic carbocycles. The Hall–Kier alpha value is -0.610. The molecule has 1 unspecified atom stereocenters. The fraction of sp³-hybridized carbons (Fsp3) is 0.538. The molecule has 1 saturated heterocycles. The molecule has 17 heavy (non-hydrogen) atoms. The summed E-state index contributed by atoms with van der Waals surface area (Å²) in [6, 6.07) is 5.05. The Morgan fingerprint density at radius 2 is 2.29 bits per heavy atom. The van der Waals surface area contributed by atoms with Gasteiger partial charge in [-0.15, -0.1) is 0 Å². The Kier molecular flexibility index (Phi) is 4.80. The minimum Gasteiger partial charge on any atom is -0.492 e.